The minimum Gasteiger partial charge on any atom is -0.478 e. The number of carboxylic acids is 1. The zero-order valence-electron chi connectivity index (χ0n) is 10.6. The monoisotopic (exact) mass is 249 g/mol. The lowest BCUT2D eigenvalue weighted by molar-refractivity contribution is 0.0698. The molecule has 1 aliphatic rings. The Morgan fingerprint density at radius 1 is 1.33 bits per heavy atom. The first-order valence-corrected chi connectivity index (χ1v) is 6.09. The summed E-state index contributed by atoms with van der Waals surface area (Å²) in [6.07, 6.45) is 0. The second kappa shape index (κ2) is 5.37. The third-order valence-electron chi connectivity index (χ3n) is 3.35. The van der Waals surface area contributed by atoms with Crippen LogP contribution in [0.5, 0.6) is 0 Å². The molecule has 1 aliphatic heterocycles. The van der Waals surface area contributed by atoms with Gasteiger partial charge in [-0.1, -0.05) is 6.07 Å². The lowest BCUT2D eigenvalue weighted by Crippen LogP contribution is -2.43. The van der Waals surface area contributed by atoms with Gasteiger partial charge in [0.2, 0.25) is 0 Å². The summed E-state index contributed by atoms with van der Waals surface area (Å²) < 4.78 is 0. The molecule has 2 rings (SSSR count). The molecule has 0 amide bonds. The highest BCUT2D eigenvalue weighted by atomic mass is 16.4. The van der Waals surface area contributed by atoms with E-state index in [4.69, 9.17) is 10.8 Å². The van der Waals surface area contributed by atoms with Gasteiger partial charge in [0.05, 0.1) is 5.56 Å². The van der Waals surface area contributed by atoms with Crippen LogP contribution in [0.25, 0.3) is 0 Å². The van der Waals surface area contributed by atoms with E-state index in [2.05, 4.69) is 16.8 Å². The van der Waals surface area contributed by atoms with E-state index >= 15 is 0 Å². The molecule has 3 N–H and O–H groups in total. The van der Waals surface area contributed by atoms with Crippen molar-refractivity contribution >= 4 is 11.7 Å². The van der Waals surface area contributed by atoms with Crippen LogP contribution < -0.4 is 5.73 Å². The summed E-state index contributed by atoms with van der Waals surface area (Å²) in [5.41, 5.74) is 7.33. The molecule has 0 saturated carbocycles. The number of likely N-dealkylation sites (N-methyl/N-ethyl adjacent to an activating group) is 1. The number of piperazine rings is 1. The molecule has 1 saturated heterocycles. The number of nitrogen functional groups attached to an aromatic ring is 1. The van der Waals surface area contributed by atoms with Gasteiger partial charge >= 0.3 is 5.97 Å². The molecule has 1 fully saturated rings. The normalized spacial score (nSPS) is 17.8. The third-order valence-corrected chi connectivity index (χ3v) is 3.35. The highest BCUT2D eigenvalue weighted by Gasteiger charge is 2.15. The summed E-state index contributed by atoms with van der Waals surface area (Å²) >= 11 is 0. The van der Waals surface area contributed by atoms with Crippen LogP contribution in [0.1, 0.15) is 15.9 Å². The Morgan fingerprint density at radius 2 is 2.00 bits per heavy atom. The Morgan fingerprint density at radius 3 is 2.56 bits per heavy atom. The van der Waals surface area contributed by atoms with Gasteiger partial charge in [-0.2, -0.15) is 0 Å². The molecule has 1 aromatic carbocycles. The van der Waals surface area contributed by atoms with Crippen LogP contribution in [-0.2, 0) is 6.54 Å². The van der Waals surface area contributed by atoms with Crippen LogP contribution in [-0.4, -0.2) is 54.1 Å². The lowest BCUT2D eigenvalue weighted by Gasteiger charge is -2.32. The van der Waals surface area contributed by atoms with E-state index in [9.17, 15) is 4.79 Å². The Kier molecular flexibility index (Phi) is 3.84. The van der Waals surface area contributed by atoms with Gasteiger partial charge in [0.25, 0.3) is 0 Å². The molecule has 0 spiro atoms. The quantitative estimate of drug-likeness (QED) is 0.772. The smallest absolute Gasteiger partial charge is 0.337 e. The maximum atomic E-state index is 10.9. The van der Waals surface area contributed by atoms with E-state index in [0.717, 1.165) is 38.3 Å². The van der Waals surface area contributed by atoms with Crippen molar-refractivity contribution in [2.75, 3.05) is 39.0 Å². The van der Waals surface area contributed by atoms with E-state index in [1.54, 1.807) is 12.1 Å². The number of nitrogens with zero attached hydrogens (tertiary/aromatic N) is 2. The Bertz CT molecular complexity index is 440. The zero-order valence-corrected chi connectivity index (χ0v) is 10.6. The number of carbonyl (C=O) groups is 1. The minimum absolute atomic E-state index is 0.178. The largest absolute Gasteiger partial charge is 0.478 e. The minimum atomic E-state index is -0.973. The molecule has 18 heavy (non-hydrogen) atoms. The molecule has 0 radical (unpaired) electrons. The first-order chi connectivity index (χ1) is 8.56. The summed E-state index contributed by atoms with van der Waals surface area (Å²) in [5, 5.41) is 8.91. The molecule has 5 heteroatoms. The highest BCUT2D eigenvalue weighted by Crippen LogP contribution is 2.16. The van der Waals surface area contributed by atoms with Crippen LogP contribution >= 0.6 is 0 Å². The molecule has 0 bridgehead atoms. The molecule has 98 valence electrons. The van der Waals surface area contributed by atoms with Crippen molar-refractivity contribution < 1.29 is 9.90 Å². The number of rotatable bonds is 3. The average molecular weight is 249 g/mol. The highest BCUT2D eigenvalue weighted by molar-refractivity contribution is 5.93. The van der Waals surface area contributed by atoms with Gasteiger partial charge in [-0.15, -0.1) is 0 Å². The van der Waals surface area contributed by atoms with Gasteiger partial charge in [-0.3, -0.25) is 4.90 Å². The second-order valence-electron chi connectivity index (χ2n) is 4.81. The number of hydrogen-bond donors (Lipinski definition) is 2. The van der Waals surface area contributed by atoms with Crippen molar-refractivity contribution in [2.45, 2.75) is 6.54 Å². The van der Waals surface area contributed by atoms with Crippen molar-refractivity contribution in [1.29, 1.82) is 0 Å². The summed E-state index contributed by atoms with van der Waals surface area (Å²) in [6, 6.07) is 5.20. The predicted octanol–water partition coefficient (Wildman–Crippen LogP) is 0.714. The molecule has 0 aromatic heterocycles. The SMILES string of the molecule is CN1CCN(Cc2ccc(C(=O)O)c(N)c2)CC1. The summed E-state index contributed by atoms with van der Waals surface area (Å²) in [7, 11) is 2.12. The van der Waals surface area contributed by atoms with Crippen molar-refractivity contribution in [1.82, 2.24) is 9.80 Å². The topological polar surface area (TPSA) is 69.8 Å². The maximum absolute atomic E-state index is 10.9. The third kappa shape index (κ3) is 3.00. The molecular weight excluding hydrogens is 230 g/mol. The Hall–Kier alpha value is -1.59. The van der Waals surface area contributed by atoms with Crippen LogP contribution in [0.2, 0.25) is 0 Å². The maximum Gasteiger partial charge on any atom is 0.337 e. The molecule has 0 unspecified atom stereocenters. The second-order valence-corrected chi connectivity index (χ2v) is 4.81. The van der Waals surface area contributed by atoms with Crippen molar-refractivity contribution in [3.8, 4) is 0 Å². The van der Waals surface area contributed by atoms with Gasteiger partial charge < -0.3 is 15.7 Å². The number of hydrogen-bond acceptors (Lipinski definition) is 4. The summed E-state index contributed by atoms with van der Waals surface area (Å²) in [4.78, 5) is 15.5. The zero-order chi connectivity index (χ0) is 13.1. The van der Waals surface area contributed by atoms with Crippen molar-refractivity contribution in [2.24, 2.45) is 0 Å². The van der Waals surface area contributed by atoms with E-state index < -0.39 is 5.97 Å². The van der Waals surface area contributed by atoms with Crippen LogP contribution in [0.3, 0.4) is 0 Å². The van der Waals surface area contributed by atoms with Gasteiger partial charge in [-0.05, 0) is 24.7 Å². The number of anilines is 1. The average Bonchev–Trinajstić information content (AvgIpc) is 2.32. The van der Waals surface area contributed by atoms with E-state index in [1.807, 2.05) is 6.07 Å². The van der Waals surface area contributed by atoms with Gasteiger partial charge in [-0.25, -0.2) is 4.79 Å². The summed E-state index contributed by atoms with van der Waals surface area (Å²) in [6.45, 7) is 5.05. The molecule has 1 heterocycles. The summed E-state index contributed by atoms with van der Waals surface area (Å²) in [5.74, 6) is -0.973. The molecule has 5 nitrogen and oxygen atoms in total. The fourth-order valence-electron chi connectivity index (χ4n) is 2.17. The van der Waals surface area contributed by atoms with Crippen molar-refractivity contribution in [3.05, 3.63) is 29.3 Å². The van der Waals surface area contributed by atoms with E-state index in [1.165, 1.54) is 0 Å². The lowest BCUT2D eigenvalue weighted by atomic mass is 10.1. The molecule has 1 aromatic rings. The molecule has 0 atom stereocenters. The van der Waals surface area contributed by atoms with Gasteiger partial charge in [0.1, 0.15) is 0 Å². The van der Waals surface area contributed by atoms with Gasteiger partial charge in [0.15, 0.2) is 0 Å². The van der Waals surface area contributed by atoms with Crippen molar-refractivity contribution in [3.63, 3.8) is 0 Å². The van der Waals surface area contributed by atoms with Crippen LogP contribution in [0, 0.1) is 0 Å². The van der Waals surface area contributed by atoms with Crippen LogP contribution in [0.4, 0.5) is 5.69 Å². The Balaban J connectivity index is 2.02. The predicted molar refractivity (Wildman–Crippen MR) is 70.6 cm³/mol. The first-order valence-electron chi connectivity index (χ1n) is 6.09. The number of nitrogens with two attached hydrogens (primary N) is 1. The fraction of sp³-hybridized carbons (Fsp3) is 0.462. The van der Waals surface area contributed by atoms with Crippen LogP contribution in [0.15, 0.2) is 18.2 Å². The first kappa shape index (κ1) is 12.9. The number of benzene rings is 1. The number of aromatic carboxylic acids is 1. The fourth-order valence-corrected chi connectivity index (χ4v) is 2.17. The van der Waals surface area contributed by atoms with E-state index in [-0.39, 0.29) is 5.56 Å². The Labute approximate surface area is 107 Å². The standard InChI is InChI=1S/C13H19N3O2/c1-15-4-6-16(7-5-15)9-10-2-3-11(13(17)18)12(14)8-10/h2-3,8H,4-7,9,14H2,1H3,(H,17,18). The van der Waals surface area contributed by atoms with E-state index in [0.29, 0.717) is 5.69 Å². The molecule has 0 aliphatic carbocycles. The number of carboxylic acid groups (broad SMARTS) is 1. The molecular formula is C13H19N3O2. The van der Waals surface area contributed by atoms with Gasteiger partial charge in [0, 0.05) is 38.4 Å².